The molecule has 0 rings (SSSR count). The van der Waals surface area contributed by atoms with Gasteiger partial charge in [0.05, 0.1) is 6.10 Å². The van der Waals surface area contributed by atoms with E-state index in [1.165, 1.54) is 69.5 Å². The Bertz CT molecular complexity index is 297. The van der Waals surface area contributed by atoms with E-state index < -0.39 is 8.32 Å². The zero-order valence-electron chi connectivity index (χ0n) is 16.6. The van der Waals surface area contributed by atoms with Crippen LogP contribution < -0.4 is 0 Å². The largest absolute Gasteiger partial charge is 0.411 e. The summed E-state index contributed by atoms with van der Waals surface area (Å²) in [5, 5.41) is 0. The molecule has 23 heavy (non-hydrogen) atoms. The van der Waals surface area contributed by atoms with E-state index in [-0.39, 0.29) is 0 Å². The molecule has 0 aliphatic carbocycles. The molecule has 0 spiro atoms. The molecule has 0 aromatic carbocycles. The Kier molecular flexibility index (Phi) is 15.0. The molecule has 0 aromatic heterocycles. The molecule has 0 aromatic rings. The van der Waals surface area contributed by atoms with Crippen molar-refractivity contribution in [2.75, 3.05) is 0 Å². The highest BCUT2D eigenvalue weighted by Crippen LogP contribution is 2.25. The van der Waals surface area contributed by atoms with E-state index in [0.717, 1.165) is 0 Å². The van der Waals surface area contributed by atoms with Crippen LogP contribution in [0.25, 0.3) is 0 Å². The van der Waals surface area contributed by atoms with Crippen molar-refractivity contribution in [1.82, 2.24) is 0 Å². The van der Waals surface area contributed by atoms with Crippen molar-refractivity contribution in [2.45, 2.75) is 110 Å². The Hall–Kier alpha value is -0.343. The zero-order valence-corrected chi connectivity index (χ0v) is 17.6. The molecular weight excluding hydrogens is 296 g/mol. The summed E-state index contributed by atoms with van der Waals surface area (Å²) in [6.45, 7) is 11.5. The van der Waals surface area contributed by atoms with Crippen molar-refractivity contribution in [3.8, 4) is 0 Å². The lowest BCUT2D eigenvalue weighted by Crippen LogP contribution is -2.39. The van der Waals surface area contributed by atoms with Crippen molar-refractivity contribution >= 4 is 8.32 Å². The summed E-state index contributed by atoms with van der Waals surface area (Å²) in [7, 11) is -1.50. The van der Waals surface area contributed by atoms with Crippen LogP contribution in [0.3, 0.4) is 0 Å². The Balaban J connectivity index is 4.54. The first-order chi connectivity index (χ1) is 11.2. The fraction of sp³-hybridized carbons (Fsp3) is 0.810. The number of allylic oxidation sites excluding steroid dienone is 3. The van der Waals surface area contributed by atoms with Crippen LogP contribution in [0.1, 0.15) is 86.0 Å². The molecule has 0 bridgehead atoms. The third-order valence-electron chi connectivity index (χ3n) is 4.97. The number of unbranched alkanes of at least 4 members (excludes halogenated alkanes) is 5. The minimum Gasteiger partial charge on any atom is -0.411 e. The molecule has 0 aliphatic heterocycles. The van der Waals surface area contributed by atoms with Crippen molar-refractivity contribution < 1.29 is 4.43 Å². The second-order valence-corrected chi connectivity index (χ2v) is 11.4. The van der Waals surface area contributed by atoms with Crippen LogP contribution in [-0.4, -0.2) is 14.4 Å². The molecule has 0 saturated carbocycles. The highest BCUT2D eigenvalue weighted by atomic mass is 28.4. The maximum atomic E-state index is 6.70. The van der Waals surface area contributed by atoms with Gasteiger partial charge in [0, 0.05) is 0 Å². The van der Waals surface area contributed by atoms with Gasteiger partial charge in [-0.1, -0.05) is 91.0 Å². The molecule has 0 aliphatic rings. The van der Waals surface area contributed by atoms with Crippen molar-refractivity contribution in [3.05, 3.63) is 24.3 Å². The van der Waals surface area contributed by atoms with Gasteiger partial charge >= 0.3 is 0 Å². The van der Waals surface area contributed by atoms with Gasteiger partial charge in [-0.3, -0.25) is 0 Å². The van der Waals surface area contributed by atoms with E-state index in [2.05, 4.69) is 58.9 Å². The van der Waals surface area contributed by atoms with Crippen molar-refractivity contribution in [1.29, 1.82) is 0 Å². The van der Waals surface area contributed by atoms with Crippen molar-refractivity contribution in [3.63, 3.8) is 0 Å². The van der Waals surface area contributed by atoms with Gasteiger partial charge in [0.1, 0.15) is 0 Å². The zero-order chi connectivity index (χ0) is 17.4. The van der Waals surface area contributed by atoms with Crippen LogP contribution in [0.5, 0.6) is 0 Å². The van der Waals surface area contributed by atoms with E-state index in [1.54, 1.807) is 0 Å². The summed E-state index contributed by atoms with van der Waals surface area (Å²) in [5.74, 6) is 0. The van der Waals surface area contributed by atoms with E-state index in [9.17, 15) is 0 Å². The predicted octanol–water partition coefficient (Wildman–Crippen LogP) is 7.65. The van der Waals surface area contributed by atoms with Crippen molar-refractivity contribution in [2.24, 2.45) is 0 Å². The lowest BCUT2D eigenvalue weighted by atomic mass is 10.1. The Morgan fingerprint density at radius 3 is 1.96 bits per heavy atom. The van der Waals surface area contributed by atoms with Crippen LogP contribution in [0.4, 0.5) is 0 Å². The molecule has 1 unspecified atom stereocenters. The Morgan fingerprint density at radius 2 is 1.39 bits per heavy atom. The third kappa shape index (κ3) is 10.9. The van der Waals surface area contributed by atoms with Gasteiger partial charge in [0.25, 0.3) is 0 Å². The summed E-state index contributed by atoms with van der Waals surface area (Å²) in [4.78, 5) is 0. The van der Waals surface area contributed by atoms with Gasteiger partial charge in [-0.25, -0.2) is 0 Å². The van der Waals surface area contributed by atoms with Gasteiger partial charge in [-0.2, -0.15) is 0 Å². The average molecular weight is 339 g/mol. The van der Waals surface area contributed by atoms with Gasteiger partial charge < -0.3 is 4.43 Å². The number of hydrogen-bond donors (Lipinski definition) is 0. The molecule has 0 fully saturated rings. The molecule has 0 radical (unpaired) electrons. The summed E-state index contributed by atoms with van der Waals surface area (Å²) in [6, 6.07) is 3.72. The molecule has 0 N–H and O–H groups in total. The molecule has 1 atom stereocenters. The minimum absolute atomic E-state index is 0.327. The fourth-order valence-corrected chi connectivity index (χ4v) is 5.82. The highest BCUT2D eigenvalue weighted by Gasteiger charge is 2.30. The van der Waals surface area contributed by atoms with E-state index in [4.69, 9.17) is 4.43 Å². The van der Waals surface area contributed by atoms with E-state index in [1.807, 2.05) is 0 Å². The van der Waals surface area contributed by atoms with Gasteiger partial charge in [0.2, 0.25) is 0 Å². The Labute approximate surface area is 147 Å². The monoisotopic (exact) mass is 338 g/mol. The van der Waals surface area contributed by atoms with E-state index in [0.29, 0.717) is 6.10 Å². The predicted molar refractivity (Wildman–Crippen MR) is 109 cm³/mol. The first-order valence-corrected chi connectivity index (χ1v) is 12.7. The van der Waals surface area contributed by atoms with Crippen LogP contribution in [0, 0.1) is 0 Å². The molecule has 0 saturated heterocycles. The summed E-state index contributed by atoms with van der Waals surface area (Å²) >= 11 is 0. The maximum absolute atomic E-state index is 6.70. The standard InChI is InChI=1S/C21H42OSi/c1-6-11-13-14-15-16-18-20-21(19-17-12-7-2)22-23(8-3,9-4)10-5/h15-16,18,20-21H,6-14,17,19H2,1-5H3/b16-15+,20-18-. The quantitative estimate of drug-likeness (QED) is 0.169. The number of hydrogen-bond acceptors (Lipinski definition) is 1. The molecule has 136 valence electrons. The minimum atomic E-state index is -1.50. The first-order valence-electron chi connectivity index (χ1n) is 10.2. The molecule has 0 heterocycles. The third-order valence-corrected chi connectivity index (χ3v) is 9.64. The van der Waals surface area contributed by atoms with E-state index >= 15 is 0 Å². The van der Waals surface area contributed by atoms with Crippen LogP contribution in [0.2, 0.25) is 18.1 Å². The fourth-order valence-electron chi connectivity index (χ4n) is 2.99. The van der Waals surface area contributed by atoms with Crippen LogP contribution >= 0.6 is 0 Å². The lowest BCUT2D eigenvalue weighted by molar-refractivity contribution is 0.218. The van der Waals surface area contributed by atoms with Crippen LogP contribution in [0.15, 0.2) is 24.3 Å². The smallest absolute Gasteiger partial charge is 0.192 e. The summed E-state index contributed by atoms with van der Waals surface area (Å²) in [5.41, 5.74) is 0. The molecular formula is C21H42OSi. The first kappa shape index (κ1) is 22.7. The normalized spacial score (nSPS) is 14.1. The highest BCUT2D eigenvalue weighted by molar-refractivity contribution is 6.73. The number of rotatable bonds is 15. The second-order valence-electron chi connectivity index (χ2n) is 6.70. The molecule has 1 nitrogen and oxygen atoms in total. The molecule has 2 heteroatoms. The average Bonchev–Trinajstić information content (AvgIpc) is 2.58. The SMILES string of the molecule is CCCCC/C=C/C=C\C(CCCCC)O[Si](CC)(CC)CC. The lowest BCUT2D eigenvalue weighted by Gasteiger charge is -2.32. The summed E-state index contributed by atoms with van der Waals surface area (Å²) < 4.78 is 6.70. The molecule has 0 amide bonds. The topological polar surface area (TPSA) is 9.23 Å². The van der Waals surface area contributed by atoms with Gasteiger partial charge in [-0.15, -0.1) is 0 Å². The van der Waals surface area contributed by atoms with Crippen LogP contribution in [-0.2, 0) is 4.43 Å². The second kappa shape index (κ2) is 15.2. The van der Waals surface area contributed by atoms with Gasteiger partial charge in [-0.05, 0) is 37.4 Å². The van der Waals surface area contributed by atoms with Gasteiger partial charge in [0.15, 0.2) is 8.32 Å². The Morgan fingerprint density at radius 1 is 0.783 bits per heavy atom. The summed E-state index contributed by atoms with van der Waals surface area (Å²) in [6.07, 6.45) is 19.6. The maximum Gasteiger partial charge on any atom is 0.192 e.